The summed E-state index contributed by atoms with van der Waals surface area (Å²) in [5.74, 6) is 1.53. The maximum Gasteiger partial charge on any atom is 0.164 e. The number of para-hydroxylation sites is 1. The molecule has 4 nitrogen and oxygen atoms in total. The van der Waals surface area contributed by atoms with Gasteiger partial charge in [0.2, 0.25) is 0 Å². The summed E-state index contributed by atoms with van der Waals surface area (Å²) in [6, 6.07) is 6.06. The maximum atomic E-state index is 6.07. The van der Waals surface area contributed by atoms with Gasteiger partial charge in [-0.1, -0.05) is 19.1 Å². The third-order valence-corrected chi connectivity index (χ3v) is 4.20. The first kappa shape index (κ1) is 15.8. The molecule has 0 aliphatic rings. The quantitative estimate of drug-likeness (QED) is 0.852. The number of hydrogen-bond donors (Lipinski definition) is 1. The number of nitrogens with two attached hydrogens (primary N) is 1. The Balaban J connectivity index is 2.18. The monoisotopic (exact) mass is 306 g/mol. The molecule has 1 atom stereocenters. The minimum atomic E-state index is 0.130. The van der Waals surface area contributed by atoms with Crippen LogP contribution in [0.5, 0.6) is 11.5 Å². The van der Waals surface area contributed by atoms with Gasteiger partial charge < -0.3 is 15.2 Å². The standard InChI is InChI=1S/C16H22N2O2S/c1-4-13(17)8-12-6-5-7-15(19-3)16(12)20-10-14-9-18-11(2)21-14/h5-7,9,13H,4,8,10,17H2,1-3H3. The number of rotatable bonds is 7. The Kier molecular flexibility index (Phi) is 5.59. The molecule has 0 saturated carbocycles. The molecule has 21 heavy (non-hydrogen) atoms. The smallest absolute Gasteiger partial charge is 0.164 e. The third kappa shape index (κ3) is 4.19. The molecule has 114 valence electrons. The molecule has 5 heteroatoms. The lowest BCUT2D eigenvalue weighted by molar-refractivity contribution is 0.283. The van der Waals surface area contributed by atoms with Crippen LogP contribution in [0.15, 0.2) is 24.4 Å². The molecule has 1 unspecified atom stereocenters. The van der Waals surface area contributed by atoms with Crippen LogP contribution >= 0.6 is 11.3 Å². The summed E-state index contributed by atoms with van der Waals surface area (Å²) in [6.45, 7) is 4.58. The summed E-state index contributed by atoms with van der Waals surface area (Å²) in [6.07, 6.45) is 3.57. The largest absolute Gasteiger partial charge is 0.493 e. The van der Waals surface area contributed by atoms with E-state index in [1.165, 1.54) is 0 Å². The molecule has 2 aromatic rings. The zero-order valence-electron chi connectivity index (χ0n) is 12.8. The van der Waals surface area contributed by atoms with Crippen LogP contribution in [-0.2, 0) is 13.0 Å². The molecular formula is C16H22N2O2S. The van der Waals surface area contributed by atoms with Gasteiger partial charge in [0.1, 0.15) is 6.61 Å². The van der Waals surface area contributed by atoms with Gasteiger partial charge >= 0.3 is 0 Å². The fraction of sp³-hybridized carbons (Fsp3) is 0.438. The van der Waals surface area contributed by atoms with Crippen molar-refractivity contribution in [3.05, 3.63) is 39.8 Å². The lowest BCUT2D eigenvalue weighted by atomic mass is 10.0. The molecule has 0 saturated heterocycles. The van der Waals surface area contributed by atoms with Crippen LogP contribution in [0, 0.1) is 6.92 Å². The van der Waals surface area contributed by atoms with Crippen LogP contribution in [0.4, 0.5) is 0 Å². The molecule has 1 heterocycles. The summed E-state index contributed by atoms with van der Waals surface area (Å²) in [5, 5.41) is 1.04. The number of thiazole rings is 1. The highest BCUT2D eigenvalue weighted by molar-refractivity contribution is 7.11. The van der Waals surface area contributed by atoms with E-state index in [4.69, 9.17) is 15.2 Å². The lowest BCUT2D eigenvalue weighted by Gasteiger charge is -2.16. The second-order valence-corrected chi connectivity index (χ2v) is 6.27. The van der Waals surface area contributed by atoms with E-state index >= 15 is 0 Å². The summed E-state index contributed by atoms with van der Waals surface area (Å²) < 4.78 is 11.4. The number of methoxy groups -OCH3 is 1. The average molecular weight is 306 g/mol. The Morgan fingerprint density at radius 1 is 1.38 bits per heavy atom. The van der Waals surface area contributed by atoms with Crippen LogP contribution in [0.2, 0.25) is 0 Å². The highest BCUT2D eigenvalue weighted by atomic mass is 32.1. The van der Waals surface area contributed by atoms with Crippen molar-refractivity contribution >= 4 is 11.3 Å². The molecule has 0 radical (unpaired) electrons. The molecule has 0 fully saturated rings. The summed E-state index contributed by atoms with van der Waals surface area (Å²) in [7, 11) is 1.66. The molecule has 0 spiro atoms. The number of benzene rings is 1. The summed E-state index contributed by atoms with van der Waals surface area (Å²) in [4.78, 5) is 5.34. The molecule has 1 aromatic heterocycles. The predicted octanol–water partition coefficient (Wildman–Crippen LogP) is 3.32. The Hall–Kier alpha value is -1.59. The van der Waals surface area contributed by atoms with Crippen molar-refractivity contribution in [1.29, 1.82) is 0 Å². The number of nitrogens with zero attached hydrogens (tertiary/aromatic N) is 1. The molecule has 0 bridgehead atoms. The molecule has 0 amide bonds. The Labute approximate surface area is 129 Å². The van der Waals surface area contributed by atoms with Crippen molar-refractivity contribution in [3.63, 3.8) is 0 Å². The van der Waals surface area contributed by atoms with E-state index in [1.54, 1.807) is 18.4 Å². The first-order chi connectivity index (χ1) is 10.1. The highest BCUT2D eigenvalue weighted by Crippen LogP contribution is 2.33. The summed E-state index contributed by atoms with van der Waals surface area (Å²) in [5.41, 5.74) is 7.16. The van der Waals surface area contributed by atoms with Crippen molar-refractivity contribution in [2.75, 3.05) is 7.11 Å². The zero-order valence-corrected chi connectivity index (χ0v) is 13.6. The number of aryl methyl sites for hydroxylation is 1. The van der Waals surface area contributed by atoms with Crippen molar-refractivity contribution in [1.82, 2.24) is 4.98 Å². The first-order valence-electron chi connectivity index (χ1n) is 7.09. The SMILES string of the molecule is CCC(N)Cc1cccc(OC)c1OCc1cnc(C)s1. The van der Waals surface area contributed by atoms with Gasteiger partial charge in [-0.3, -0.25) is 0 Å². The number of aromatic nitrogens is 1. The maximum absolute atomic E-state index is 6.07. The van der Waals surface area contributed by atoms with E-state index in [-0.39, 0.29) is 6.04 Å². The predicted molar refractivity (Wildman–Crippen MR) is 86.1 cm³/mol. The summed E-state index contributed by atoms with van der Waals surface area (Å²) >= 11 is 1.64. The van der Waals surface area contributed by atoms with Gasteiger partial charge in [-0.25, -0.2) is 4.98 Å². The van der Waals surface area contributed by atoms with E-state index in [1.807, 2.05) is 31.3 Å². The second-order valence-electron chi connectivity index (χ2n) is 4.96. The first-order valence-corrected chi connectivity index (χ1v) is 7.91. The number of hydrogen-bond acceptors (Lipinski definition) is 5. The average Bonchev–Trinajstić information content (AvgIpc) is 2.91. The fourth-order valence-electron chi connectivity index (χ4n) is 2.09. The van der Waals surface area contributed by atoms with Crippen LogP contribution in [-0.4, -0.2) is 18.1 Å². The fourth-order valence-corrected chi connectivity index (χ4v) is 2.80. The van der Waals surface area contributed by atoms with Gasteiger partial charge in [-0.05, 0) is 31.4 Å². The van der Waals surface area contributed by atoms with Crippen LogP contribution in [0.25, 0.3) is 0 Å². The third-order valence-electron chi connectivity index (χ3n) is 3.31. The van der Waals surface area contributed by atoms with Gasteiger partial charge in [0.25, 0.3) is 0 Å². The van der Waals surface area contributed by atoms with Gasteiger partial charge in [-0.15, -0.1) is 11.3 Å². The number of ether oxygens (including phenoxy) is 2. The Morgan fingerprint density at radius 2 is 2.19 bits per heavy atom. The van der Waals surface area contributed by atoms with Gasteiger partial charge in [0.05, 0.1) is 17.0 Å². The van der Waals surface area contributed by atoms with Gasteiger partial charge in [-0.2, -0.15) is 0 Å². The van der Waals surface area contributed by atoms with E-state index < -0.39 is 0 Å². The van der Waals surface area contributed by atoms with Crippen LogP contribution in [0.1, 0.15) is 28.8 Å². The minimum absolute atomic E-state index is 0.130. The van der Waals surface area contributed by atoms with Gasteiger partial charge in [0, 0.05) is 12.2 Å². The highest BCUT2D eigenvalue weighted by Gasteiger charge is 2.13. The van der Waals surface area contributed by atoms with E-state index in [0.29, 0.717) is 6.61 Å². The second kappa shape index (κ2) is 7.43. The molecule has 2 rings (SSSR count). The Morgan fingerprint density at radius 3 is 2.81 bits per heavy atom. The zero-order chi connectivity index (χ0) is 15.2. The Bertz CT molecular complexity index is 583. The molecule has 2 N–H and O–H groups in total. The van der Waals surface area contributed by atoms with Crippen molar-refractivity contribution in [2.45, 2.75) is 39.3 Å². The molecular weight excluding hydrogens is 284 g/mol. The van der Waals surface area contributed by atoms with Gasteiger partial charge in [0.15, 0.2) is 11.5 Å². The van der Waals surface area contributed by atoms with Crippen molar-refractivity contribution < 1.29 is 9.47 Å². The molecule has 1 aromatic carbocycles. The molecule has 0 aliphatic carbocycles. The minimum Gasteiger partial charge on any atom is -0.493 e. The topological polar surface area (TPSA) is 57.4 Å². The lowest BCUT2D eigenvalue weighted by Crippen LogP contribution is -2.21. The van der Waals surface area contributed by atoms with Crippen molar-refractivity contribution in [3.8, 4) is 11.5 Å². The van der Waals surface area contributed by atoms with Crippen molar-refractivity contribution in [2.24, 2.45) is 5.73 Å². The van der Waals surface area contributed by atoms with E-state index in [2.05, 4.69) is 11.9 Å². The normalized spacial score (nSPS) is 12.2. The van der Waals surface area contributed by atoms with E-state index in [0.717, 1.165) is 39.8 Å². The molecule has 0 aliphatic heterocycles. The van der Waals surface area contributed by atoms with Crippen LogP contribution < -0.4 is 15.2 Å². The van der Waals surface area contributed by atoms with Crippen LogP contribution in [0.3, 0.4) is 0 Å². The van der Waals surface area contributed by atoms with E-state index in [9.17, 15) is 0 Å².